The molecular weight excluding hydrogens is 222 g/mol. The molecule has 0 radical (unpaired) electrons. The SMILES string of the molecule is COC(=O)/C(C#N)=C(/N=[N+]=[N-])NC1CCCC1. The van der Waals surface area contributed by atoms with Crippen LogP contribution in [0, 0.1) is 11.3 Å². The molecule has 0 atom stereocenters. The molecule has 0 aliphatic heterocycles. The van der Waals surface area contributed by atoms with Crippen molar-refractivity contribution < 1.29 is 9.53 Å². The fourth-order valence-corrected chi connectivity index (χ4v) is 1.76. The maximum Gasteiger partial charge on any atom is 0.350 e. The number of esters is 1. The monoisotopic (exact) mass is 235 g/mol. The van der Waals surface area contributed by atoms with Crippen molar-refractivity contribution in [2.75, 3.05) is 7.11 Å². The Morgan fingerprint density at radius 1 is 1.59 bits per heavy atom. The lowest BCUT2D eigenvalue weighted by Gasteiger charge is -2.13. The summed E-state index contributed by atoms with van der Waals surface area (Å²) in [5.74, 6) is -0.853. The number of nitrogens with one attached hydrogen (secondary N) is 1. The predicted molar refractivity (Wildman–Crippen MR) is 59.2 cm³/mol. The van der Waals surface area contributed by atoms with Crippen molar-refractivity contribution in [2.24, 2.45) is 5.11 Å². The Morgan fingerprint density at radius 2 is 2.24 bits per heavy atom. The van der Waals surface area contributed by atoms with Crippen LogP contribution in [0.2, 0.25) is 0 Å². The van der Waals surface area contributed by atoms with E-state index in [0.717, 1.165) is 25.7 Å². The van der Waals surface area contributed by atoms with Crippen LogP contribution >= 0.6 is 0 Å². The molecular formula is C10H13N5O2. The number of carbonyl (C=O) groups is 1. The smallest absolute Gasteiger partial charge is 0.350 e. The summed E-state index contributed by atoms with van der Waals surface area (Å²) in [5.41, 5.74) is 8.14. The summed E-state index contributed by atoms with van der Waals surface area (Å²) in [7, 11) is 1.17. The molecule has 1 aliphatic rings. The predicted octanol–water partition coefficient (Wildman–Crippen LogP) is 1.74. The topological polar surface area (TPSA) is 111 Å². The summed E-state index contributed by atoms with van der Waals surface area (Å²) in [5, 5.41) is 15.1. The molecule has 0 bridgehead atoms. The molecule has 0 aromatic heterocycles. The highest BCUT2D eigenvalue weighted by Crippen LogP contribution is 2.20. The summed E-state index contributed by atoms with van der Waals surface area (Å²) >= 11 is 0. The average Bonchev–Trinajstić information content (AvgIpc) is 2.82. The van der Waals surface area contributed by atoms with E-state index in [-0.39, 0.29) is 17.4 Å². The Morgan fingerprint density at radius 3 is 2.71 bits per heavy atom. The number of hydrogen-bond donors (Lipinski definition) is 1. The summed E-state index contributed by atoms with van der Waals surface area (Å²) in [4.78, 5) is 13.9. The fourth-order valence-electron chi connectivity index (χ4n) is 1.76. The summed E-state index contributed by atoms with van der Waals surface area (Å²) < 4.78 is 4.45. The van der Waals surface area contributed by atoms with E-state index in [1.807, 2.05) is 0 Å². The van der Waals surface area contributed by atoms with Gasteiger partial charge in [-0.1, -0.05) is 12.8 Å². The molecule has 1 aliphatic carbocycles. The van der Waals surface area contributed by atoms with Gasteiger partial charge in [0.15, 0.2) is 5.57 Å². The van der Waals surface area contributed by atoms with Gasteiger partial charge in [0.2, 0.25) is 0 Å². The first-order valence-electron chi connectivity index (χ1n) is 5.27. The van der Waals surface area contributed by atoms with Crippen molar-refractivity contribution in [3.05, 3.63) is 21.8 Å². The van der Waals surface area contributed by atoms with Crippen LogP contribution in [0.3, 0.4) is 0 Å². The minimum atomic E-state index is -0.805. The van der Waals surface area contributed by atoms with E-state index in [1.165, 1.54) is 7.11 Å². The van der Waals surface area contributed by atoms with Gasteiger partial charge in [0.1, 0.15) is 11.9 Å². The molecule has 0 unspecified atom stereocenters. The molecule has 0 aromatic rings. The van der Waals surface area contributed by atoms with Gasteiger partial charge in [-0.05, 0) is 23.5 Å². The molecule has 0 amide bonds. The highest BCUT2D eigenvalue weighted by Gasteiger charge is 2.20. The zero-order chi connectivity index (χ0) is 12.7. The average molecular weight is 235 g/mol. The molecule has 7 nitrogen and oxygen atoms in total. The van der Waals surface area contributed by atoms with Crippen LogP contribution < -0.4 is 5.32 Å². The van der Waals surface area contributed by atoms with E-state index in [0.29, 0.717) is 0 Å². The number of methoxy groups -OCH3 is 1. The molecule has 90 valence electrons. The normalized spacial score (nSPS) is 16.5. The maximum absolute atomic E-state index is 11.3. The first-order chi connectivity index (χ1) is 8.22. The lowest BCUT2D eigenvalue weighted by Crippen LogP contribution is -2.26. The minimum Gasteiger partial charge on any atom is -0.465 e. The van der Waals surface area contributed by atoms with Crippen molar-refractivity contribution in [1.82, 2.24) is 5.32 Å². The van der Waals surface area contributed by atoms with Gasteiger partial charge in [-0.25, -0.2) is 4.79 Å². The Bertz CT molecular complexity index is 411. The van der Waals surface area contributed by atoms with Gasteiger partial charge >= 0.3 is 5.97 Å². The Labute approximate surface area is 98.7 Å². The molecule has 1 rings (SSSR count). The number of carbonyl (C=O) groups excluding carboxylic acids is 1. The van der Waals surface area contributed by atoms with Gasteiger partial charge < -0.3 is 10.1 Å². The summed E-state index contributed by atoms with van der Waals surface area (Å²) in [6.07, 6.45) is 4.04. The number of hydrogen-bond acceptors (Lipinski definition) is 5. The van der Waals surface area contributed by atoms with Gasteiger partial charge in [0, 0.05) is 11.0 Å². The standard InChI is InChI=1S/C10H13N5O2/c1-17-10(16)8(6-11)9(14-15-12)13-7-4-2-3-5-7/h7,13H,2-5H2,1H3/b9-8+. The molecule has 1 saturated carbocycles. The van der Waals surface area contributed by atoms with Gasteiger partial charge in [0.05, 0.1) is 7.11 Å². The zero-order valence-corrected chi connectivity index (χ0v) is 9.51. The maximum atomic E-state index is 11.3. The van der Waals surface area contributed by atoms with Gasteiger partial charge in [-0.2, -0.15) is 5.26 Å². The molecule has 0 aromatic carbocycles. The first-order valence-corrected chi connectivity index (χ1v) is 5.27. The van der Waals surface area contributed by atoms with Gasteiger partial charge in [-0.3, -0.25) is 0 Å². The van der Waals surface area contributed by atoms with E-state index in [4.69, 9.17) is 10.8 Å². The Balaban J connectivity index is 2.95. The first kappa shape index (κ1) is 12.9. The van der Waals surface area contributed by atoms with Crippen LogP contribution in [0.5, 0.6) is 0 Å². The third-order valence-electron chi connectivity index (χ3n) is 2.58. The van der Waals surface area contributed by atoms with Crippen LogP contribution in [0.1, 0.15) is 25.7 Å². The highest BCUT2D eigenvalue weighted by molar-refractivity contribution is 5.93. The largest absolute Gasteiger partial charge is 0.465 e. The number of nitriles is 1. The van der Waals surface area contributed by atoms with Crippen molar-refractivity contribution in [2.45, 2.75) is 31.7 Å². The second-order valence-corrected chi connectivity index (χ2v) is 3.64. The molecule has 1 N–H and O–H groups in total. The fraction of sp³-hybridized carbons (Fsp3) is 0.600. The van der Waals surface area contributed by atoms with Gasteiger partial charge in [0.25, 0.3) is 0 Å². The van der Waals surface area contributed by atoms with Crippen molar-refractivity contribution in [1.29, 1.82) is 5.26 Å². The molecule has 1 fully saturated rings. The van der Waals surface area contributed by atoms with Crippen molar-refractivity contribution >= 4 is 5.97 Å². The van der Waals surface area contributed by atoms with Crippen molar-refractivity contribution in [3.8, 4) is 6.07 Å². The number of nitrogens with zero attached hydrogens (tertiary/aromatic N) is 4. The lowest BCUT2D eigenvalue weighted by atomic mass is 10.2. The summed E-state index contributed by atoms with van der Waals surface area (Å²) in [6.45, 7) is 0. The Kier molecular flexibility index (Phi) is 4.85. The number of rotatable bonds is 4. The van der Waals surface area contributed by atoms with Crippen LogP contribution in [0.15, 0.2) is 16.5 Å². The van der Waals surface area contributed by atoms with E-state index in [2.05, 4.69) is 20.1 Å². The third-order valence-corrected chi connectivity index (χ3v) is 2.58. The van der Waals surface area contributed by atoms with Crippen LogP contribution in [-0.2, 0) is 9.53 Å². The van der Waals surface area contributed by atoms with Crippen LogP contribution in [0.25, 0.3) is 10.4 Å². The highest BCUT2D eigenvalue weighted by atomic mass is 16.5. The quantitative estimate of drug-likeness (QED) is 0.200. The second-order valence-electron chi connectivity index (χ2n) is 3.64. The molecule has 7 heteroatoms. The second kappa shape index (κ2) is 6.40. The van der Waals surface area contributed by atoms with E-state index < -0.39 is 5.97 Å². The van der Waals surface area contributed by atoms with Crippen LogP contribution in [0.4, 0.5) is 0 Å². The number of ether oxygens (including phenoxy) is 1. The summed E-state index contributed by atoms with van der Waals surface area (Å²) in [6, 6.07) is 1.83. The molecule has 0 spiro atoms. The zero-order valence-electron chi connectivity index (χ0n) is 9.51. The van der Waals surface area contributed by atoms with E-state index in [1.54, 1.807) is 6.07 Å². The minimum absolute atomic E-state index is 0.0475. The lowest BCUT2D eigenvalue weighted by molar-refractivity contribution is -0.135. The van der Waals surface area contributed by atoms with E-state index in [9.17, 15) is 4.79 Å². The third kappa shape index (κ3) is 3.40. The Hall–Kier alpha value is -2.19. The molecule has 17 heavy (non-hydrogen) atoms. The van der Waals surface area contributed by atoms with Crippen LogP contribution in [-0.4, -0.2) is 19.1 Å². The molecule has 0 heterocycles. The van der Waals surface area contributed by atoms with Gasteiger partial charge in [-0.15, -0.1) is 0 Å². The molecule has 0 saturated heterocycles. The van der Waals surface area contributed by atoms with E-state index >= 15 is 0 Å². The number of azide groups is 1. The van der Waals surface area contributed by atoms with Crippen molar-refractivity contribution in [3.63, 3.8) is 0 Å².